The molecule has 150 valence electrons. The molecule has 2 aromatic rings. The first-order valence-electron chi connectivity index (χ1n) is 8.55. The van der Waals surface area contributed by atoms with Crippen LogP contribution in [-0.2, 0) is 16.1 Å². The molecule has 2 rings (SSSR count). The van der Waals surface area contributed by atoms with Crippen LogP contribution in [0.4, 0.5) is 8.78 Å². The third-order valence-electron chi connectivity index (χ3n) is 3.98. The molecule has 0 spiro atoms. The lowest BCUT2D eigenvalue weighted by Gasteiger charge is -2.26. The van der Waals surface area contributed by atoms with Gasteiger partial charge in [-0.3, -0.25) is 9.59 Å². The molecule has 0 radical (unpaired) electrons. The molecule has 0 aliphatic heterocycles. The summed E-state index contributed by atoms with van der Waals surface area (Å²) >= 11 is 0. The van der Waals surface area contributed by atoms with Crippen LogP contribution in [0.2, 0.25) is 0 Å². The number of ether oxygens (including phenoxy) is 2. The number of benzene rings is 2. The highest BCUT2D eigenvalue weighted by Gasteiger charge is 2.23. The van der Waals surface area contributed by atoms with Crippen molar-refractivity contribution >= 4 is 11.9 Å². The fourth-order valence-electron chi connectivity index (χ4n) is 2.52. The first kappa shape index (κ1) is 21.1. The smallest absolute Gasteiger partial charge is 0.305 e. The summed E-state index contributed by atoms with van der Waals surface area (Å²) in [6.45, 7) is 1.37. The number of methoxy groups -OCH3 is 1. The summed E-state index contributed by atoms with van der Waals surface area (Å²) in [7, 11) is 1.53. The molecule has 0 aromatic heterocycles. The zero-order chi connectivity index (χ0) is 20.7. The maximum atomic E-state index is 13.4. The van der Waals surface area contributed by atoms with E-state index < -0.39 is 29.6 Å². The van der Waals surface area contributed by atoms with E-state index in [1.54, 1.807) is 24.3 Å². The number of carboxylic acids is 1. The van der Waals surface area contributed by atoms with E-state index in [-0.39, 0.29) is 19.5 Å². The number of halogens is 2. The van der Waals surface area contributed by atoms with E-state index in [1.165, 1.54) is 25.0 Å². The maximum Gasteiger partial charge on any atom is 0.305 e. The third-order valence-corrected chi connectivity index (χ3v) is 3.98. The molecule has 28 heavy (non-hydrogen) atoms. The van der Waals surface area contributed by atoms with Crippen LogP contribution >= 0.6 is 0 Å². The second-order valence-electron chi connectivity index (χ2n) is 6.09. The van der Waals surface area contributed by atoms with Crippen molar-refractivity contribution in [3.05, 3.63) is 59.7 Å². The van der Waals surface area contributed by atoms with Gasteiger partial charge in [0.05, 0.1) is 13.5 Å². The molecule has 6 nitrogen and oxygen atoms in total. The highest BCUT2D eigenvalue weighted by atomic mass is 19.2. The van der Waals surface area contributed by atoms with Crippen LogP contribution in [0.15, 0.2) is 42.5 Å². The van der Waals surface area contributed by atoms with Crippen LogP contribution in [0.25, 0.3) is 0 Å². The van der Waals surface area contributed by atoms with Crippen molar-refractivity contribution in [3.63, 3.8) is 0 Å². The van der Waals surface area contributed by atoms with Gasteiger partial charge in [0.1, 0.15) is 11.5 Å². The maximum absolute atomic E-state index is 13.4. The van der Waals surface area contributed by atoms with Crippen molar-refractivity contribution in [2.24, 2.45) is 0 Å². The molecule has 0 aliphatic rings. The van der Waals surface area contributed by atoms with Crippen LogP contribution in [-0.4, -0.2) is 41.6 Å². The lowest BCUT2D eigenvalue weighted by molar-refractivity contribution is -0.141. The van der Waals surface area contributed by atoms with E-state index >= 15 is 0 Å². The minimum atomic E-state index is -1.08. The van der Waals surface area contributed by atoms with Crippen molar-refractivity contribution in [3.8, 4) is 11.5 Å². The summed E-state index contributed by atoms with van der Waals surface area (Å²) in [5.41, 5.74) is 0.342. The topological polar surface area (TPSA) is 76.1 Å². The molecule has 1 N–H and O–H groups in total. The molecule has 0 saturated carbocycles. The molecule has 0 fully saturated rings. The molecule has 0 heterocycles. The van der Waals surface area contributed by atoms with Crippen LogP contribution in [0, 0.1) is 11.6 Å². The zero-order valence-corrected chi connectivity index (χ0v) is 15.5. The summed E-state index contributed by atoms with van der Waals surface area (Å²) in [6, 6.07) is 9.91. The van der Waals surface area contributed by atoms with Gasteiger partial charge >= 0.3 is 5.97 Å². The summed E-state index contributed by atoms with van der Waals surface area (Å²) < 4.78 is 37.2. The monoisotopic (exact) mass is 393 g/mol. The number of rotatable bonds is 9. The molecule has 1 atom stereocenters. The predicted octanol–water partition coefficient (Wildman–Crippen LogP) is 3.24. The number of carbonyl (C=O) groups is 2. The van der Waals surface area contributed by atoms with E-state index in [0.29, 0.717) is 17.1 Å². The van der Waals surface area contributed by atoms with Gasteiger partial charge in [-0.25, -0.2) is 8.78 Å². The summed E-state index contributed by atoms with van der Waals surface area (Å²) in [5, 5.41) is 8.92. The summed E-state index contributed by atoms with van der Waals surface area (Å²) in [5.74, 6) is -2.51. The second kappa shape index (κ2) is 9.68. The second-order valence-corrected chi connectivity index (χ2v) is 6.09. The van der Waals surface area contributed by atoms with Crippen LogP contribution in [0.3, 0.4) is 0 Å². The predicted molar refractivity (Wildman–Crippen MR) is 97.1 cm³/mol. The quantitative estimate of drug-likeness (QED) is 0.708. The number of carbonyl (C=O) groups excluding carboxylic acids is 1. The zero-order valence-electron chi connectivity index (χ0n) is 15.5. The van der Waals surface area contributed by atoms with Gasteiger partial charge in [0.2, 0.25) is 0 Å². The Hall–Kier alpha value is -3.16. The van der Waals surface area contributed by atoms with E-state index in [2.05, 4.69) is 0 Å². The van der Waals surface area contributed by atoms with Crippen molar-refractivity contribution in [2.75, 3.05) is 13.7 Å². The Labute approximate surface area is 161 Å². The number of hydrogen-bond acceptors (Lipinski definition) is 4. The Balaban J connectivity index is 2.11. The SMILES string of the molecule is COc1ccc(OC(C)C(=O)N(CCC(=O)O)Cc2ccc(F)c(F)c2)cc1. The van der Waals surface area contributed by atoms with E-state index in [4.69, 9.17) is 14.6 Å². The lowest BCUT2D eigenvalue weighted by Crippen LogP contribution is -2.41. The normalized spacial score (nSPS) is 11.6. The van der Waals surface area contributed by atoms with Crippen molar-refractivity contribution in [1.29, 1.82) is 0 Å². The van der Waals surface area contributed by atoms with Gasteiger partial charge in [-0.15, -0.1) is 0 Å². The Morgan fingerprint density at radius 3 is 2.29 bits per heavy atom. The molecule has 1 amide bonds. The number of hydrogen-bond donors (Lipinski definition) is 1. The van der Waals surface area contributed by atoms with Crippen molar-refractivity contribution in [1.82, 2.24) is 4.90 Å². The molecule has 1 unspecified atom stereocenters. The molecule has 2 aromatic carbocycles. The van der Waals surface area contributed by atoms with E-state index in [0.717, 1.165) is 12.1 Å². The van der Waals surface area contributed by atoms with Gasteiger partial charge in [0, 0.05) is 13.1 Å². The van der Waals surface area contributed by atoms with Gasteiger partial charge in [-0.2, -0.15) is 0 Å². The fourth-order valence-corrected chi connectivity index (χ4v) is 2.52. The Morgan fingerprint density at radius 1 is 1.07 bits per heavy atom. The number of amides is 1. The average molecular weight is 393 g/mol. The Bertz CT molecular complexity index is 826. The fraction of sp³-hybridized carbons (Fsp3) is 0.300. The van der Waals surface area contributed by atoms with Crippen molar-refractivity contribution < 1.29 is 33.0 Å². The molecule has 0 saturated heterocycles. The minimum absolute atomic E-state index is 0.0698. The summed E-state index contributed by atoms with van der Waals surface area (Å²) in [4.78, 5) is 24.9. The van der Waals surface area contributed by atoms with E-state index in [1.807, 2.05) is 0 Å². The Morgan fingerprint density at radius 2 is 1.71 bits per heavy atom. The first-order valence-corrected chi connectivity index (χ1v) is 8.55. The highest BCUT2D eigenvalue weighted by molar-refractivity contribution is 5.81. The number of aliphatic carboxylic acids is 1. The molecule has 0 bridgehead atoms. The van der Waals surface area contributed by atoms with Gasteiger partial charge in [-0.1, -0.05) is 6.07 Å². The van der Waals surface area contributed by atoms with Crippen LogP contribution in [0.1, 0.15) is 18.9 Å². The lowest BCUT2D eigenvalue weighted by atomic mass is 10.1. The van der Waals surface area contributed by atoms with Crippen LogP contribution in [0.5, 0.6) is 11.5 Å². The van der Waals surface area contributed by atoms with Crippen LogP contribution < -0.4 is 9.47 Å². The Kier molecular flexibility index (Phi) is 7.31. The molecule has 8 heteroatoms. The molecular weight excluding hydrogens is 372 g/mol. The van der Waals surface area contributed by atoms with E-state index in [9.17, 15) is 18.4 Å². The van der Waals surface area contributed by atoms with Gasteiger partial charge < -0.3 is 19.5 Å². The third kappa shape index (κ3) is 5.94. The first-order chi connectivity index (χ1) is 13.3. The summed E-state index contributed by atoms with van der Waals surface area (Å²) in [6.07, 6.45) is -1.20. The van der Waals surface area contributed by atoms with Gasteiger partial charge in [0.15, 0.2) is 17.7 Å². The minimum Gasteiger partial charge on any atom is -0.497 e. The molecule has 0 aliphatic carbocycles. The van der Waals surface area contributed by atoms with Crippen molar-refractivity contribution in [2.45, 2.75) is 26.0 Å². The number of carboxylic acid groups (broad SMARTS) is 1. The average Bonchev–Trinajstić information content (AvgIpc) is 2.67. The highest BCUT2D eigenvalue weighted by Crippen LogP contribution is 2.19. The van der Waals surface area contributed by atoms with Gasteiger partial charge in [0.25, 0.3) is 5.91 Å². The largest absolute Gasteiger partial charge is 0.497 e. The molecular formula is C20H21F2NO5. The van der Waals surface area contributed by atoms with Gasteiger partial charge in [-0.05, 0) is 48.9 Å². The standard InChI is InChI=1S/C20H21F2NO5/c1-13(28-16-6-4-15(27-2)5-7-16)20(26)23(10-9-19(24)25)12-14-3-8-17(21)18(22)11-14/h3-8,11,13H,9-10,12H2,1-2H3,(H,24,25). The number of nitrogens with zero attached hydrogens (tertiary/aromatic N) is 1.